The molecule has 0 saturated carbocycles. The molecule has 0 radical (unpaired) electrons. The molecule has 0 bridgehead atoms. The monoisotopic (exact) mass is 266 g/mol. The number of thioether (sulfide) groups is 1. The molecule has 1 saturated heterocycles. The molecule has 1 aliphatic rings. The number of hydrogen-bond donors (Lipinski definition) is 1. The van der Waals surface area contributed by atoms with Gasteiger partial charge in [0.2, 0.25) is 5.88 Å². The Morgan fingerprint density at radius 3 is 2.83 bits per heavy atom. The van der Waals surface area contributed by atoms with Crippen LogP contribution in [0.15, 0.2) is 18.3 Å². The number of nitrogens with zero attached hydrogens (tertiary/aromatic N) is 1. The third kappa shape index (κ3) is 4.50. The second-order valence-electron chi connectivity index (χ2n) is 5.66. The van der Waals surface area contributed by atoms with E-state index in [-0.39, 0.29) is 5.60 Å². The fourth-order valence-electron chi connectivity index (χ4n) is 1.85. The van der Waals surface area contributed by atoms with Crippen molar-refractivity contribution < 1.29 is 4.74 Å². The minimum absolute atomic E-state index is 0.187. The minimum atomic E-state index is -0.187. The quantitative estimate of drug-likeness (QED) is 0.908. The highest BCUT2D eigenvalue weighted by atomic mass is 32.2. The predicted octanol–water partition coefficient (Wildman–Crippen LogP) is 2.85. The third-order valence-electron chi connectivity index (χ3n) is 2.73. The number of ether oxygens (including phenoxy) is 1. The minimum Gasteiger partial charge on any atom is -0.472 e. The molecule has 1 aromatic rings. The first-order chi connectivity index (χ1) is 8.53. The van der Waals surface area contributed by atoms with Crippen LogP contribution in [-0.2, 0) is 6.54 Å². The standard InChI is InChI=1S/C14H22N2OS/c1-14(2,3)17-13-5-4-11(9-16-13)8-15-12-6-7-18-10-12/h4-5,9,12,15H,6-8,10H2,1-3H3/t12-/m0/s1. The molecule has 0 unspecified atom stereocenters. The maximum absolute atomic E-state index is 5.70. The maximum atomic E-state index is 5.70. The van der Waals surface area contributed by atoms with Gasteiger partial charge in [0.25, 0.3) is 0 Å². The van der Waals surface area contributed by atoms with E-state index in [1.54, 1.807) is 0 Å². The van der Waals surface area contributed by atoms with Crippen LogP contribution in [0.25, 0.3) is 0 Å². The van der Waals surface area contributed by atoms with Crippen LogP contribution in [0.5, 0.6) is 5.88 Å². The van der Waals surface area contributed by atoms with Crippen LogP contribution in [0.3, 0.4) is 0 Å². The zero-order valence-corrected chi connectivity index (χ0v) is 12.2. The lowest BCUT2D eigenvalue weighted by molar-refractivity contribution is 0.124. The largest absolute Gasteiger partial charge is 0.472 e. The van der Waals surface area contributed by atoms with Crippen LogP contribution in [0, 0.1) is 0 Å². The van der Waals surface area contributed by atoms with E-state index in [0.29, 0.717) is 11.9 Å². The van der Waals surface area contributed by atoms with Gasteiger partial charge >= 0.3 is 0 Å². The van der Waals surface area contributed by atoms with Crippen molar-refractivity contribution in [3.63, 3.8) is 0 Å². The predicted molar refractivity (Wildman–Crippen MR) is 77.2 cm³/mol. The molecule has 0 aliphatic carbocycles. The van der Waals surface area contributed by atoms with Crippen LogP contribution < -0.4 is 10.1 Å². The van der Waals surface area contributed by atoms with Gasteiger partial charge in [0.15, 0.2) is 0 Å². The van der Waals surface area contributed by atoms with Crippen molar-refractivity contribution >= 4 is 11.8 Å². The molecule has 4 heteroatoms. The molecule has 2 heterocycles. The van der Waals surface area contributed by atoms with E-state index in [2.05, 4.69) is 16.4 Å². The number of rotatable bonds is 4. The molecule has 1 aromatic heterocycles. The Morgan fingerprint density at radius 2 is 2.28 bits per heavy atom. The van der Waals surface area contributed by atoms with Crippen molar-refractivity contribution in [3.8, 4) is 5.88 Å². The van der Waals surface area contributed by atoms with Gasteiger partial charge in [-0.15, -0.1) is 0 Å². The summed E-state index contributed by atoms with van der Waals surface area (Å²) in [6.45, 7) is 6.99. The van der Waals surface area contributed by atoms with Gasteiger partial charge in [0.05, 0.1) is 0 Å². The lowest BCUT2D eigenvalue weighted by atomic mass is 10.2. The van der Waals surface area contributed by atoms with Crippen molar-refractivity contribution in [3.05, 3.63) is 23.9 Å². The Kier molecular flexibility index (Phi) is 4.51. The molecule has 0 spiro atoms. The normalized spacial score (nSPS) is 20.1. The Bertz CT molecular complexity index is 366. The Labute approximate surface area is 114 Å². The molecule has 1 fully saturated rings. The summed E-state index contributed by atoms with van der Waals surface area (Å²) in [4.78, 5) is 4.34. The van der Waals surface area contributed by atoms with Gasteiger partial charge in [-0.25, -0.2) is 4.98 Å². The summed E-state index contributed by atoms with van der Waals surface area (Å²) >= 11 is 2.03. The van der Waals surface area contributed by atoms with E-state index in [4.69, 9.17) is 4.74 Å². The molecule has 1 N–H and O–H groups in total. The van der Waals surface area contributed by atoms with Crippen LogP contribution >= 0.6 is 11.8 Å². The van der Waals surface area contributed by atoms with E-state index >= 15 is 0 Å². The average molecular weight is 266 g/mol. The summed E-state index contributed by atoms with van der Waals surface area (Å²) in [6.07, 6.45) is 3.18. The van der Waals surface area contributed by atoms with Crippen LogP contribution in [0.4, 0.5) is 0 Å². The summed E-state index contributed by atoms with van der Waals surface area (Å²) in [7, 11) is 0. The van der Waals surface area contributed by atoms with Gasteiger partial charge in [-0.2, -0.15) is 11.8 Å². The van der Waals surface area contributed by atoms with Crippen LogP contribution in [0.2, 0.25) is 0 Å². The van der Waals surface area contributed by atoms with Crippen molar-refractivity contribution in [2.75, 3.05) is 11.5 Å². The Balaban J connectivity index is 1.83. The zero-order chi connectivity index (χ0) is 13.0. The summed E-state index contributed by atoms with van der Waals surface area (Å²) in [6, 6.07) is 4.70. The van der Waals surface area contributed by atoms with E-state index < -0.39 is 0 Å². The number of nitrogens with one attached hydrogen (secondary N) is 1. The summed E-state index contributed by atoms with van der Waals surface area (Å²) in [5, 5.41) is 3.56. The summed E-state index contributed by atoms with van der Waals surface area (Å²) in [5.41, 5.74) is 1.03. The van der Waals surface area contributed by atoms with E-state index in [9.17, 15) is 0 Å². The first-order valence-electron chi connectivity index (χ1n) is 6.48. The van der Waals surface area contributed by atoms with Gasteiger partial charge < -0.3 is 10.1 Å². The molecule has 2 rings (SSSR count). The number of aromatic nitrogens is 1. The van der Waals surface area contributed by atoms with Crippen molar-refractivity contribution in [2.24, 2.45) is 0 Å². The van der Waals surface area contributed by atoms with Crippen molar-refractivity contribution in [1.29, 1.82) is 0 Å². The SMILES string of the molecule is CC(C)(C)Oc1ccc(CN[C@H]2CCSC2)cn1. The average Bonchev–Trinajstić information content (AvgIpc) is 2.79. The van der Waals surface area contributed by atoms with Gasteiger partial charge in [0.1, 0.15) is 5.60 Å². The zero-order valence-electron chi connectivity index (χ0n) is 11.4. The second-order valence-corrected chi connectivity index (χ2v) is 6.81. The smallest absolute Gasteiger partial charge is 0.213 e. The van der Waals surface area contributed by atoms with Crippen LogP contribution in [-0.4, -0.2) is 28.1 Å². The van der Waals surface area contributed by atoms with E-state index in [1.165, 1.54) is 23.5 Å². The first kappa shape index (κ1) is 13.7. The fourth-order valence-corrected chi connectivity index (χ4v) is 3.03. The summed E-state index contributed by atoms with van der Waals surface area (Å²) < 4.78 is 5.70. The van der Waals surface area contributed by atoms with E-state index in [1.807, 2.05) is 44.8 Å². The molecular formula is C14H22N2OS. The van der Waals surface area contributed by atoms with Gasteiger partial charge in [-0.3, -0.25) is 0 Å². The third-order valence-corrected chi connectivity index (χ3v) is 3.90. The molecule has 1 aliphatic heterocycles. The molecular weight excluding hydrogens is 244 g/mol. The molecule has 0 amide bonds. The van der Waals surface area contributed by atoms with Crippen LogP contribution in [0.1, 0.15) is 32.8 Å². The van der Waals surface area contributed by atoms with Gasteiger partial charge in [-0.05, 0) is 38.5 Å². The molecule has 100 valence electrons. The molecule has 0 aromatic carbocycles. The van der Waals surface area contributed by atoms with Gasteiger partial charge in [-0.1, -0.05) is 6.07 Å². The second kappa shape index (κ2) is 5.93. The molecule has 18 heavy (non-hydrogen) atoms. The van der Waals surface area contributed by atoms with Crippen molar-refractivity contribution in [1.82, 2.24) is 10.3 Å². The maximum Gasteiger partial charge on any atom is 0.213 e. The number of pyridine rings is 1. The fraction of sp³-hybridized carbons (Fsp3) is 0.643. The number of hydrogen-bond acceptors (Lipinski definition) is 4. The molecule has 3 nitrogen and oxygen atoms in total. The topological polar surface area (TPSA) is 34.1 Å². The van der Waals surface area contributed by atoms with Crippen molar-refractivity contribution in [2.45, 2.75) is 45.4 Å². The van der Waals surface area contributed by atoms with E-state index in [0.717, 1.165) is 6.54 Å². The summed E-state index contributed by atoms with van der Waals surface area (Å²) in [5.74, 6) is 3.22. The van der Waals surface area contributed by atoms with Gasteiger partial charge in [0, 0.05) is 30.6 Å². The Morgan fingerprint density at radius 1 is 1.44 bits per heavy atom. The lowest BCUT2D eigenvalue weighted by Crippen LogP contribution is -2.28. The lowest BCUT2D eigenvalue weighted by Gasteiger charge is -2.20. The first-order valence-corrected chi connectivity index (χ1v) is 7.63. The molecule has 1 atom stereocenters. The highest BCUT2D eigenvalue weighted by molar-refractivity contribution is 7.99. The Hall–Kier alpha value is -0.740. The highest BCUT2D eigenvalue weighted by Gasteiger charge is 2.15. The highest BCUT2D eigenvalue weighted by Crippen LogP contribution is 2.18.